The Kier molecular flexibility index (Phi) is 4.17. The molecular weight excluding hydrogens is 279 g/mol. The quantitative estimate of drug-likeness (QED) is 0.851. The molecule has 0 radical (unpaired) electrons. The summed E-state index contributed by atoms with van der Waals surface area (Å²) in [7, 11) is 0. The molecule has 0 aliphatic carbocycles. The lowest BCUT2D eigenvalue weighted by atomic mass is 10.3. The molecule has 0 bridgehead atoms. The van der Waals surface area contributed by atoms with Crippen LogP contribution in [0.3, 0.4) is 0 Å². The molecule has 1 rings (SSSR count). The number of rotatable bonds is 4. The number of amides is 1. The summed E-state index contributed by atoms with van der Waals surface area (Å²) in [5.41, 5.74) is 0. The molecule has 0 spiro atoms. The number of nitrogens with one attached hydrogen (secondary N) is 1. The third-order valence-corrected chi connectivity index (χ3v) is 2.03. The largest absolute Gasteiger partial charge is 0.480 e. The second kappa shape index (κ2) is 5.25. The van der Waals surface area contributed by atoms with E-state index < -0.39 is 30.6 Å². The lowest BCUT2D eigenvalue weighted by Gasteiger charge is -2.15. The minimum Gasteiger partial charge on any atom is -0.480 e. The van der Waals surface area contributed by atoms with Crippen LogP contribution in [0.5, 0.6) is 0 Å². The summed E-state index contributed by atoms with van der Waals surface area (Å²) in [4.78, 5) is 21.3. The summed E-state index contributed by atoms with van der Waals surface area (Å²) in [6, 6.07) is -1.75. The van der Waals surface area contributed by atoms with Gasteiger partial charge in [-0.3, -0.25) is 9.48 Å². The molecule has 0 aromatic carbocycles. The molecule has 2 N–H and O–H groups in total. The van der Waals surface area contributed by atoms with Gasteiger partial charge in [0.15, 0.2) is 0 Å². The molecule has 100 valence electrons. The van der Waals surface area contributed by atoms with Gasteiger partial charge < -0.3 is 10.4 Å². The van der Waals surface area contributed by atoms with E-state index in [1.54, 1.807) is 0 Å². The summed E-state index contributed by atoms with van der Waals surface area (Å²) >= 11 is 5.50. The molecule has 0 saturated carbocycles. The maximum Gasteiger partial charge on any atom is 0.471 e. The second-order valence-corrected chi connectivity index (χ2v) is 3.68. The number of halogens is 4. The first kappa shape index (κ1) is 14.3. The first-order chi connectivity index (χ1) is 8.20. The van der Waals surface area contributed by atoms with Gasteiger partial charge >= 0.3 is 18.1 Å². The molecule has 1 unspecified atom stereocenters. The van der Waals surface area contributed by atoms with Crippen LogP contribution in [0.15, 0.2) is 12.4 Å². The topological polar surface area (TPSA) is 84.2 Å². The van der Waals surface area contributed by atoms with Crippen molar-refractivity contribution in [2.75, 3.05) is 0 Å². The fourth-order valence-electron chi connectivity index (χ4n) is 1.05. The van der Waals surface area contributed by atoms with Crippen LogP contribution in [0.4, 0.5) is 13.2 Å². The molecule has 1 aromatic heterocycles. The molecule has 0 fully saturated rings. The molecule has 1 atom stereocenters. The number of hydrogen-bond acceptors (Lipinski definition) is 3. The fraction of sp³-hybridized carbons (Fsp3) is 0.375. The van der Waals surface area contributed by atoms with Crippen LogP contribution >= 0.6 is 11.6 Å². The van der Waals surface area contributed by atoms with Gasteiger partial charge in [0.2, 0.25) is 0 Å². The monoisotopic (exact) mass is 285 g/mol. The highest BCUT2D eigenvalue weighted by atomic mass is 35.5. The Morgan fingerprint density at radius 1 is 1.56 bits per heavy atom. The van der Waals surface area contributed by atoms with Crippen molar-refractivity contribution in [3.05, 3.63) is 17.4 Å². The Balaban J connectivity index is 2.73. The second-order valence-electron chi connectivity index (χ2n) is 3.24. The fourth-order valence-corrected chi connectivity index (χ4v) is 1.21. The maximum absolute atomic E-state index is 12.0. The SMILES string of the molecule is O=C(O)C(Cn1cc(Cl)cn1)NC(=O)C(F)(F)F. The molecular formula is C8H7ClF3N3O3. The number of nitrogens with zero attached hydrogens (tertiary/aromatic N) is 2. The molecule has 6 nitrogen and oxygen atoms in total. The first-order valence-corrected chi connectivity index (χ1v) is 4.86. The van der Waals surface area contributed by atoms with Crippen molar-refractivity contribution in [1.82, 2.24) is 15.1 Å². The third kappa shape index (κ3) is 3.91. The van der Waals surface area contributed by atoms with E-state index in [1.807, 2.05) is 0 Å². The smallest absolute Gasteiger partial charge is 0.471 e. The van der Waals surface area contributed by atoms with E-state index in [4.69, 9.17) is 16.7 Å². The summed E-state index contributed by atoms with van der Waals surface area (Å²) in [5.74, 6) is -3.94. The minimum atomic E-state index is -5.14. The zero-order chi connectivity index (χ0) is 13.9. The Bertz CT molecular complexity index is 460. The molecule has 0 saturated heterocycles. The van der Waals surface area contributed by atoms with Crippen molar-refractivity contribution in [3.8, 4) is 0 Å². The third-order valence-electron chi connectivity index (χ3n) is 1.83. The summed E-state index contributed by atoms with van der Waals surface area (Å²) < 4.78 is 36.9. The predicted octanol–water partition coefficient (Wildman–Crippen LogP) is 0.668. The standard InChI is InChI=1S/C8H7ClF3N3O3/c9-4-1-13-15(2-4)3-5(6(16)17)14-7(18)8(10,11)12/h1-2,5H,3H2,(H,14,18)(H,16,17). The van der Waals surface area contributed by atoms with Crippen molar-refractivity contribution < 1.29 is 27.9 Å². The van der Waals surface area contributed by atoms with Crippen LogP contribution in [0.1, 0.15) is 0 Å². The van der Waals surface area contributed by atoms with Crippen molar-refractivity contribution >= 4 is 23.5 Å². The lowest BCUT2D eigenvalue weighted by Crippen LogP contribution is -2.48. The van der Waals surface area contributed by atoms with Crippen LogP contribution < -0.4 is 5.32 Å². The molecule has 1 heterocycles. The average molecular weight is 286 g/mol. The molecule has 18 heavy (non-hydrogen) atoms. The first-order valence-electron chi connectivity index (χ1n) is 4.48. The maximum atomic E-state index is 12.0. The van der Waals surface area contributed by atoms with E-state index in [-0.39, 0.29) is 5.02 Å². The highest BCUT2D eigenvalue weighted by Gasteiger charge is 2.40. The molecule has 10 heteroatoms. The number of hydrogen-bond donors (Lipinski definition) is 2. The Morgan fingerprint density at radius 2 is 2.17 bits per heavy atom. The molecule has 1 amide bonds. The van der Waals surface area contributed by atoms with Crippen molar-refractivity contribution in [3.63, 3.8) is 0 Å². The zero-order valence-electron chi connectivity index (χ0n) is 8.61. The predicted molar refractivity (Wildman–Crippen MR) is 52.9 cm³/mol. The lowest BCUT2D eigenvalue weighted by molar-refractivity contribution is -0.175. The van der Waals surface area contributed by atoms with Gasteiger partial charge in [-0.25, -0.2) is 4.79 Å². The van der Waals surface area contributed by atoms with Crippen LogP contribution in [-0.2, 0) is 16.1 Å². The minimum absolute atomic E-state index is 0.196. The van der Waals surface area contributed by atoms with E-state index >= 15 is 0 Å². The number of alkyl halides is 3. The van der Waals surface area contributed by atoms with Crippen molar-refractivity contribution in [1.29, 1.82) is 0 Å². The summed E-state index contributed by atoms with van der Waals surface area (Å²) in [6.45, 7) is -0.468. The van der Waals surface area contributed by atoms with Gasteiger partial charge in [-0.15, -0.1) is 0 Å². The van der Waals surface area contributed by atoms with Crippen molar-refractivity contribution in [2.45, 2.75) is 18.8 Å². The Labute approximate surface area is 103 Å². The van der Waals surface area contributed by atoms with Crippen LogP contribution in [0.25, 0.3) is 0 Å². The average Bonchev–Trinajstić information content (AvgIpc) is 2.61. The highest BCUT2D eigenvalue weighted by Crippen LogP contribution is 2.14. The van der Waals surface area contributed by atoms with Crippen LogP contribution in [0, 0.1) is 0 Å². The Hall–Kier alpha value is -1.77. The van der Waals surface area contributed by atoms with Crippen LogP contribution in [0.2, 0.25) is 5.02 Å². The number of aliphatic carboxylic acids is 1. The molecule has 0 aliphatic heterocycles. The van der Waals surface area contributed by atoms with E-state index in [2.05, 4.69) is 5.10 Å². The molecule has 1 aromatic rings. The van der Waals surface area contributed by atoms with E-state index in [0.29, 0.717) is 0 Å². The summed E-state index contributed by atoms with van der Waals surface area (Å²) in [5, 5.41) is 13.8. The van der Waals surface area contributed by atoms with Crippen molar-refractivity contribution in [2.24, 2.45) is 0 Å². The molecule has 0 aliphatic rings. The van der Waals surface area contributed by atoms with Gasteiger partial charge in [0.1, 0.15) is 6.04 Å². The number of carbonyl (C=O) groups is 2. The van der Waals surface area contributed by atoms with E-state index in [1.165, 1.54) is 17.7 Å². The zero-order valence-corrected chi connectivity index (χ0v) is 9.37. The van der Waals surface area contributed by atoms with Gasteiger partial charge in [0.05, 0.1) is 17.8 Å². The van der Waals surface area contributed by atoms with Gasteiger partial charge in [-0.1, -0.05) is 11.6 Å². The van der Waals surface area contributed by atoms with E-state index in [0.717, 1.165) is 4.68 Å². The van der Waals surface area contributed by atoms with Gasteiger partial charge in [0, 0.05) is 6.20 Å². The number of carboxylic acids is 1. The normalized spacial score (nSPS) is 13.1. The Morgan fingerprint density at radius 3 is 2.56 bits per heavy atom. The number of aromatic nitrogens is 2. The number of carbonyl (C=O) groups excluding carboxylic acids is 1. The van der Waals surface area contributed by atoms with Crippen LogP contribution in [-0.4, -0.2) is 39.0 Å². The van der Waals surface area contributed by atoms with E-state index in [9.17, 15) is 22.8 Å². The van der Waals surface area contributed by atoms with Gasteiger partial charge in [-0.2, -0.15) is 18.3 Å². The van der Waals surface area contributed by atoms with Gasteiger partial charge in [0.25, 0.3) is 0 Å². The van der Waals surface area contributed by atoms with Gasteiger partial charge in [-0.05, 0) is 0 Å². The number of carboxylic acid groups (broad SMARTS) is 1. The summed E-state index contributed by atoms with van der Waals surface area (Å²) in [6.07, 6.45) is -2.74. The highest BCUT2D eigenvalue weighted by molar-refractivity contribution is 6.30.